The zero-order chi connectivity index (χ0) is 10.6. The number of hydrogen-bond acceptors (Lipinski definition) is 4. The zero-order valence-corrected chi connectivity index (χ0v) is 8.86. The van der Waals surface area contributed by atoms with Crippen LogP contribution in [0.4, 0.5) is 0 Å². The first-order valence-electron chi connectivity index (χ1n) is 4.71. The molecule has 0 aromatic carbocycles. The normalized spacial score (nSPS) is 17.5. The molecule has 13 heavy (non-hydrogen) atoms. The van der Waals surface area contributed by atoms with E-state index in [1.54, 1.807) is 27.7 Å². The molecule has 0 saturated heterocycles. The lowest BCUT2D eigenvalue weighted by Gasteiger charge is -2.40. The minimum absolute atomic E-state index is 0.473. The van der Waals surface area contributed by atoms with E-state index in [0.29, 0.717) is 12.8 Å². The van der Waals surface area contributed by atoms with E-state index in [4.69, 9.17) is 0 Å². The van der Waals surface area contributed by atoms with Gasteiger partial charge in [-0.25, -0.2) is 4.90 Å². The third kappa shape index (κ3) is 3.60. The minimum atomic E-state index is -1.20. The molecule has 2 unspecified atom stereocenters. The average Bonchev–Trinajstić information content (AvgIpc) is 2.01. The number of nitrogens with zero attached hydrogens (tertiary/aromatic N) is 1. The third-order valence-corrected chi connectivity index (χ3v) is 2.00. The van der Waals surface area contributed by atoms with Crippen molar-refractivity contribution in [3.05, 3.63) is 0 Å². The van der Waals surface area contributed by atoms with Gasteiger partial charge in [-0.1, -0.05) is 13.8 Å². The van der Waals surface area contributed by atoms with Crippen molar-refractivity contribution < 1.29 is 15.3 Å². The van der Waals surface area contributed by atoms with Gasteiger partial charge in [0.1, 0.15) is 18.2 Å². The molecule has 80 valence electrons. The Morgan fingerprint density at radius 3 is 1.54 bits per heavy atom. The Labute approximate surface area is 79.8 Å². The molecule has 0 aromatic heterocycles. The molecule has 4 nitrogen and oxygen atoms in total. The monoisotopic (exact) mass is 191 g/mol. The molecule has 0 spiro atoms. The largest absolute Gasteiger partial charge is 0.378 e. The Balaban J connectivity index is 4.55. The summed E-state index contributed by atoms with van der Waals surface area (Å²) in [5.74, 6) is 0. The van der Waals surface area contributed by atoms with E-state index in [2.05, 4.69) is 0 Å². The van der Waals surface area contributed by atoms with Gasteiger partial charge >= 0.3 is 0 Å². The van der Waals surface area contributed by atoms with Gasteiger partial charge in [0.05, 0.1) is 0 Å². The Kier molecular flexibility index (Phi) is 4.85. The summed E-state index contributed by atoms with van der Waals surface area (Å²) in [7, 11) is 0. The highest BCUT2D eigenvalue weighted by Crippen LogP contribution is 2.19. The topological polar surface area (TPSA) is 63.9 Å². The Hall–Kier alpha value is -0.160. The number of rotatable bonds is 5. The van der Waals surface area contributed by atoms with Crippen molar-refractivity contribution in [1.82, 2.24) is 4.90 Å². The number of aliphatic hydroxyl groups excluding tert-OH is 2. The van der Waals surface area contributed by atoms with E-state index in [1.807, 2.05) is 0 Å². The maximum Gasteiger partial charge on any atom is 0.116 e. The van der Waals surface area contributed by atoms with E-state index in [-0.39, 0.29) is 0 Å². The average molecular weight is 191 g/mol. The lowest BCUT2D eigenvalue weighted by atomic mass is 10.2. The zero-order valence-electron chi connectivity index (χ0n) is 8.86. The molecule has 0 bridgehead atoms. The molecule has 0 aliphatic heterocycles. The fraction of sp³-hybridized carbons (Fsp3) is 1.00. The molecule has 3 N–H and O–H groups in total. The molecule has 2 atom stereocenters. The molecule has 0 aliphatic carbocycles. The standard InChI is InChI=1S/C9H21NO3/c1-5-7(11)10(8(12)6-2)9(3,4)13/h7-8,11-13H,5-6H2,1-4H3. The predicted octanol–water partition coefficient (Wildman–Crippen LogP) is 0.474. The fourth-order valence-electron chi connectivity index (χ4n) is 1.32. The highest BCUT2D eigenvalue weighted by molar-refractivity contribution is 4.73. The van der Waals surface area contributed by atoms with E-state index in [0.717, 1.165) is 0 Å². The lowest BCUT2D eigenvalue weighted by molar-refractivity contribution is -0.221. The third-order valence-electron chi connectivity index (χ3n) is 2.00. The smallest absolute Gasteiger partial charge is 0.116 e. The van der Waals surface area contributed by atoms with Crippen LogP contribution < -0.4 is 0 Å². The van der Waals surface area contributed by atoms with Crippen molar-refractivity contribution >= 4 is 0 Å². The number of aliphatic hydroxyl groups is 3. The molecule has 0 heterocycles. The van der Waals surface area contributed by atoms with Crippen LogP contribution in [0.3, 0.4) is 0 Å². The molecule has 0 aromatic rings. The summed E-state index contributed by atoms with van der Waals surface area (Å²) >= 11 is 0. The van der Waals surface area contributed by atoms with Crippen LogP contribution in [0, 0.1) is 0 Å². The van der Waals surface area contributed by atoms with Crippen molar-refractivity contribution in [2.45, 2.75) is 58.7 Å². The van der Waals surface area contributed by atoms with Crippen molar-refractivity contribution in [2.75, 3.05) is 0 Å². The van der Waals surface area contributed by atoms with Crippen LogP contribution >= 0.6 is 0 Å². The molecule has 0 aliphatic rings. The molecular weight excluding hydrogens is 170 g/mol. The molecule has 0 saturated carbocycles. The summed E-state index contributed by atoms with van der Waals surface area (Å²) in [5, 5.41) is 28.8. The molecule has 0 radical (unpaired) electrons. The van der Waals surface area contributed by atoms with Gasteiger partial charge in [0, 0.05) is 0 Å². The predicted molar refractivity (Wildman–Crippen MR) is 50.7 cm³/mol. The van der Waals surface area contributed by atoms with Gasteiger partial charge in [0.2, 0.25) is 0 Å². The van der Waals surface area contributed by atoms with Gasteiger partial charge in [-0.3, -0.25) is 0 Å². The highest BCUT2D eigenvalue weighted by atomic mass is 16.4. The molecule has 0 amide bonds. The molecule has 4 heteroatoms. The second-order valence-corrected chi connectivity index (χ2v) is 3.68. The van der Waals surface area contributed by atoms with Crippen LogP contribution in [0.1, 0.15) is 40.5 Å². The SMILES string of the molecule is CCC(O)N(C(O)CC)C(C)(C)O. The van der Waals surface area contributed by atoms with Gasteiger partial charge < -0.3 is 15.3 Å². The van der Waals surface area contributed by atoms with Gasteiger partial charge in [0.15, 0.2) is 0 Å². The van der Waals surface area contributed by atoms with Crippen molar-refractivity contribution in [3.8, 4) is 0 Å². The number of hydrogen-bond donors (Lipinski definition) is 3. The van der Waals surface area contributed by atoms with Gasteiger partial charge in [-0.05, 0) is 26.7 Å². The molecule has 0 rings (SSSR count). The van der Waals surface area contributed by atoms with Gasteiger partial charge in [-0.2, -0.15) is 0 Å². The maximum absolute atomic E-state index is 9.69. The van der Waals surface area contributed by atoms with Crippen LogP contribution in [0.2, 0.25) is 0 Å². The Morgan fingerprint density at radius 1 is 1.08 bits per heavy atom. The van der Waals surface area contributed by atoms with Crippen LogP contribution in [0.25, 0.3) is 0 Å². The summed E-state index contributed by atoms with van der Waals surface area (Å²) in [6.45, 7) is 6.69. The van der Waals surface area contributed by atoms with Crippen LogP contribution in [-0.4, -0.2) is 38.4 Å². The van der Waals surface area contributed by atoms with Crippen molar-refractivity contribution in [3.63, 3.8) is 0 Å². The summed E-state index contributed by atoms with van der Waals surface area (Å²) in [6, 6.07) is 0. The fourth-order valence-corrected chi connectivity index (χ4v) is 1.32. The van der Waals surface area contributed by atoms with Crippen LogP contribution in [-0.2, 0) is 0 Å². The van der Waals surface area contributed by atoms with Crippen LogP contribution in [0.5, 0.6) is 0 Å². The van der Waals surface area contributed by atoms with E-state index in [1.165, 1.54) is 4.90 Å². The van der Waals surface area contributed by atoms with Gasteiger partial charge in [0.25, 0.3) is 0 Å². The summed E-state index contributed by atoms with van der Waals surface area (Å²) in [4.78, 5) is 1.30. The minimum Gasteiger partial charge on any atom is -0.378 e. The molecular formula is C9H21NO3. The summed E-state index contributed by atoms with van der Waals surface area (Å²) in [6.07, 6.45) is -0.674. The summed E-state index contributed by atoms with van der Waals surface area (Å²) < 4.78 is 0. The Morgan fingerprint density at radius 2 is 1.38 bits per heavy atom. The van der Waals surface area contributed by atoms with Crippen molar-refractivity contribution in [2.24, 2.45) is 0 Å². The van der Waals surface area contributed by atoms with Crippen LogP contribution in [0.15, 0.2) is 0 Å². The molecule has 0 fully saturated rings. The lowest BCUT2D eigenvalue weighted by Crippen LogP contribution is -2.55. The van der Waals surface area contributed by atoms with E-state index < -0.39 is 18.2 Å². The second kappa shape index (κ2) is 4.91. The Bertz CT molecular complexity index is 134. The first-order valence-corrected chi connectivity index (χ1v) is 4.71. The van der Waals surface area contributed by atoms with E-state index in [9.17, 15) is 15.3 Å². The van der Waals surface area contributed by atoms with E-state index >= 15 is 0 Å². The summed E-state index contributed by atoms with van der Waals surface area (Å²) in [5.41, 5.74) is -1.20. The van der Waals surface area contributed by atoms with Gasteiger partial charge in [-0.15, -0.1) is 0 Å². The maximum atomic E-state index is 9.69. The van der Waals surface area contributed by atoms with Crippen molar-refractivity contribution in [1.29, 1.82) is 0 Å². The first kappa shape index (κ1) is 12.8. The highest BCUT2D eigenvalue weighted by Gasteiger charge is 2.33. The quantitative estimate of drug-likeness (QED) is 0.553. The first-order chi connectivity index (χ1) is 5.84. The second-order valence-electron chi connectivity index (χ2n) is 3.68.